The highest BCUT2D eigenvalue weighted by molar-refractivity contribution is 5.51. The molecular formula is C18H21NO. The molecule has 2 heteroatoms. The van der Waals surface area contributed by atoms with Gasteiger partial charge in [-0.1, -0.05) is 30.3 Å². The van der Waals surface area contributed by atoms with E-state index in [1.54, 1.807) is 0 Å². The number of aliphatic hydroxyl groups excluding tert-OH is 1. The van der Waals surface area contributed by atoms with Crippen LogP contribution >= 0.6 is 0 Å². The number of fused-ring (bicyclic) bond motifs is 1. The molecule has 2 aromatic carbocycles. The van der Waals surface area contributed by atoms with Gasteiger partial charge in [0.1, 0.15) is 0 Å². The predicted molar refractivity (Wildman–Crippen MR) is 83.2 cm³/mol. The van der Waals surface area contributed by atoms with Gasteiger partial charge in [-0.05, 0) is 54.2 Å². The lowest BCUT2D eigenvalue weighted by atomic mass is 10.0. The van der Waals surface area contributed by atoms with Gasteiger partial charge in [0, 0.05) is 18.8 Å². The summed E-state index contributed by atoms with van der Waals surface area (Å²) in [6.45, 7) is 4.32. The van der Waals surface area contributed by atoms with Gasteiger partial charge < -0.3 is 10.0 Å². The van der Waals surface area contributed by atoms with Gasteiger partial charge in [-0.15, -0.1) is 0 Å². The quantitative estimate of drug-likeness (QED) is 0.904. The van der Waals surface area contributed by atoms with Crippen molar-refractivity contribution in [2.24, 2.45) is 0 Å². The molecule has 0 bridgehead atoms. The summed E-state index contributed by atoms with van der Waals surface area (Å²) < 4.78 is 0. The van der Waals surface area contributed by atoms with E-state index >= 15 is 0 Å². The smallest absolute Gasteiger partial charge is 0.0684 e. The largest absolute Gasteiger partial charge is 0.392 e. The SMILES string of the molecule is Cc1cc(N2CCc3ccccc3CC2)ccc1CO. The lowest BCUT2D eigenvalue weighted by molar-refractivity contribution is 0.281. The molecule has 2 aromatic rings. The van der Waals surface area contributed by atoms with Gasteiger partial charge in [0.2, 0.25) is 0 Å². The molecule has 0 atom stereocenters. The summed E-state index contributed by atoms with van der Waals surface area (Å²) in [5.41, 5.74) is 6.43. The Morgan fingerprint density at radius 1 is 1.00 bits per heavy atom. The van der Waals surface area contributed by atoms with E-state index in [2.05, 4.69) is 48.2 Å². The third-order valence-corrected chi connectivity index (χ3v) is 4.28. The fraction of sp³-hybridized carbons (Fsp3) is 0.333. The van der Waals surface area contributed by atoms with Crippen molar-refractivity contribution >= 4 is 5.69 Å². The molecule has 1 N–H and O–H groups in total. The van der Waals surface area contributed by atoms with Gasteiger partial charge in [-0.2, -0.15) is 0 Å². The van der Waals surface area contributed by atoms with Crippen LogP contribution in [0, 0.1) is 6.92 Å². The zero-order valence-corrected chi connectivity index (χ0v) is 12.0. The van der Waals surface area contributed by atoms with Crippen LogP contribution in [0.15, 0.2) is 42.5 Å². The van der Waals surface area contributed by atoms with Crippen LogP contribution in [-0.2, 0) is 19.4 Å². The fourth-order valence-corrected chi connectivity index (χ4v) is 2.98. The summed E-state index contributed by atoms with van der Waals surface area (Å²) in [5.74, 6) is 0. The van der Waals surface area contributed by atoms with Crippen LogP contribution in [0.2, 0.25) is 0 Å². The molecule has 0 spiro atoms. The van der Waals surface area contributed by atoms with Crippen LogP contribution in [0.1, 0.15) is 22.3 Å². The first kappa shape index (κ1) is 13.2. The number of aliphatic hydroxyl groups is 1. The number of rotatable bonds is 2. The summed E-state index contributed by atoms with van der Waals surface area (Å²) in [6, 6.07) is 15.1. The highest BCUT2D eigenvalue weighted by Gasteiger charge is 2.14. The number of anilines is 1. The van der Waals surface area contributed by atoms with Crippen molar-refractivity contribution in [3.63, 3.8) is 0 Å². The Morgan fingerprint density at radius 3 is 2.20 bits per heavy atom. The molecule has 1 aliphatic heterocycles. The second kappa shape index (κ2) is 5.68. The van der Waals surface area contributed by atoms with Crippen LogP contribution in [0.4, 0.5) is 5.69 Å². The molecule has 0 saturated carbocycles. The van der Waals surface area contributed by atoms with E-state index in [1.807, 2.05) is 6.07 Å². The summed E-state index contributed by atoms with van der Waals surface area (Å²) in [7, 11) is 0. The maximum atomic E-state index is 9.27. The van der Waals surface area contributed by atoms with E-state index in [1.165, 1.54) is 22.4 Å². The maximum Gasteiger partial charge on any atom is 0.0684 e. The monoisotopic (exact) mass is 267 g/mol. The number of hydrogen-bond donors (Lipinski definition) is 1. The first-order chi connectivity index (χ1) is 9.78. The summed E-state index contributed by atoms with van der Waals surface area (Å²) >= 11 is 0. The van der Waals surface area contributed by atoms with Gasteiger partial charge in [-0.25, -0.2) is 0 Å². The third kappa shape index (κ3) is 2.56. The number of hydrogen-bond acceptors (Lipinski definition) is 2. The molecule has 1 heterocycles. The number of nitrogens with zero attached hydrogens (tertiary/aromatic N) is 1. The Bertz CT molecular complexity index is 579. The second-order valence-corrected chi connectivity index (χ2v) is 5.52. The van der Waals surface area contributed by atoms with E-state index in [0.29, 0.717) is 0 Å². The molecule has 0 amide bonds. The molecule has 2 nitrogen and oxygen atoms in total. The maximum absolute atomic E-state index is 9.27. The highest BCUT2D eigenvalue weighted by atomic mass is 16.3. The number of benzene rings is 2. The van der Waals surface area contributed by atoms with Gasteiger partial charge in [0.25, 0.3) is 0 Å². The van der Waals surface area contributed by atoms with E-state index < -0.39 is 0 Å². The fourth-order valence-electron chi connectivity index (χ4n) is 2.98. The lowest BCUT2D eigenvalue weighted by Crippen LogP contribution is -2.26. The Labute approximate surface area is 120 Å². The molecule has 0 aliphatic carbocycles. The van der Waals surface area contributed by atoms with Crippen LogP contribution < -0.4 is 4.90 Å². The first-order valence-electron chi connectivity index (χ1n) is 7.30. The zero-order valence-electron chi connectivity index (χ0n) is 12.0. The predicted octanol–water partition coefficient (Wildman–Crippen LogP) is 3.09. The Balaban J connectivity index is 1.81. The average molecular weight is 267 g/mol. The Hall–Kier alpha value is -1.80. The molecule has 0 saturated heterocycles. The molecule has 0 aromatic heterocycles. The molecule has 1 aliphatic rings. The minimum Gasteiger partial charge on any atom is -0.392 e. The summed E-state index contributed by atoms with van der Waals surface area (Å²) in [4.78, 5) is 2.45. The van der Waals surface area contributed by atoms with E-state index in [4.69, 9.17) is 0 Å². The van der Waals surface area contributed by atoms with Crippen molar-refractivity contribution in [3.05, 3.63) is 64.7 Å². The van der Waals surface area contributed by atoms with Gasteiger partial charge in [0.05, 0.1) is 6.61 Å². The van der Waals surface area contributed by atoms with Gasteiger partial charge in [0.15, 0.2) is 0 Å². The second-order valence-electron chi connectivity index (χ2n) is 5.52. The topological polar surface area (TPSA) is 23.5 Å². The molecule has 0 radical (unpaired) electrons. The molecule has 3 rings (SSSR count). The van der Waals surface area contributed by atoms with Gasteiger partial charge in [-0.3, -0.25) is 0 Å². The van der Waals surface area contributed by atoms with Crippen LogP contribution in [0.3, 0.4) is 0 Å². The molecule has 0 unspecified atom stereocenters. The summed E-state index contributed by atoms with van der Waals surface area (Å²) in [6.07, 6.45) is 2.22. The molecule has 20 heavy (non-hydrogen) atoms. The number of aryl methyl sites for hydroxylation is 1. The van der Waals surface area contributed by atoms with Gasteiger partial charge >= 0.3 is 0 Å². The van der Waals surface area contributed by atoms with Crippen molar-refractivity contribution in [2.75, 3.05) is 18.0 Å². The van der Waals surface area contributed by atoms with E-state index in [-0.39, 0.29) is 6.61 Å². The normalized spacial score (nSPS) is 14.8. The van der Waals surface area contributed by atoms with Crippen molar-refractivity contribution in [3.8, 4) is 0 Å². The Kier molecular flexibility index (Phi) is 3.75. The lowest BCUT2D eigenvalue weighted by Gasteiger charge is -2.23. The van der Waals surface area contributed by atoms with Crippen LogP contribution in [-0.4, -0.2) is 18.2 Å². The average Bonchev–Trinajstić information content (AvgIpc) is 2.70. The standard InChI is InChI=1S/C18H21NO/c1-14-12-18(7-6-17(14)13-20)19-10-8-15-4-2-3-5-16(15)9-11-19/h2-7,12,20H,8-11,13H2,1H3. The summed E-state index contributed by atoms with van der Waals surface area (Å²) in [5, 5.41) is 9.27. The highest BCUT2D eigenvalue weighted by Crippen LogP contribution is 2.23. The first-order valence-corrected chi connectivity index (χ1v) is 7.30. The third-order valence-electron chi connectivity index (χ3n) is 4.28. The minimum absolute atomic E-state index is 0.123. The van der Waals surface area contributed by atoms with Crippen LogP contribution in [0.5, 0.6) is 0 Å². The van der Waals surface area contributed by atoms with Crippen molar-refractivity contribution in [2.45, 2.75) is 26.4 Å². The van der Waals surface area contributed by atoms with Crippen molar-refractivity contribution in [1.29, 1.82) is 0 Å². The van der Waals surface area contributed by atoms with Crippen LogP contribution in [0.25, 0.3) is 0 Å². The molecular weight excluding hydrogens is 246 g/mol. The minimum atomic E-state index is 0.123. The van der Waals surface area contributed by atoms with Crippen molar-refractivity contribution < 1.29 is 5.11 Å². The zero-order chi connectivity index (χ0) is 13.9. The molecule has 104 valence electrons. The van der Waals surface area contributed by atoms with E-state index in [9.17, 15) is 5.11 Å². The van der Waals surface area contributed by atoms with E-state index in [0.717, 1.165) is 31.5 Å². The Morgan fingerprint density at radius 2 is 1.65 bits per heavy atom. The van der Waals surface area contributed by atoms with Crippen molar-refractivity contribution in [1.82, 2.24) is 0 Å². The molecule has 0 fully saturated rings.